The molecule has 0 radical (unpaired) electrons. The fourth-order valence-corrected chi connectivity index (χ4v) is 3.99. The average molecular weight is 495 g/mol. The van der Waals surface area contributed by atoms with E-state index < -0.39 is 0 Å². The lowest BCUT2D eigenvalue weighted by Gasteiger charge is -2.19. The number of hydrogen-bond acceptors (Lipinski definition) is 6. The van der Waals surface area contributed by atoms with E-state index in [9.17, 15) is 9.90 Å². The molecule has 186 valence electrons. The summed E-state index contributed by atoms with van der Waals surface area (Å²) in [5.74, 6) is 1.26. The summed E-state index contributed by atoms with van der Waals surface area (Å²) in [5, 5.41) is 9.69. The van der Waals surface area contributed by atoms with Gasteiger partial charge in [0, 0.05) is 17.7 Å². The van der Waals surface area contributed by atoms with Crippen LogP contribution in [0.1, 0.15) is 11.1 Å². The third-order valence-corrected chi connectivity index (χ3v) is 5.75. The van der Waals surface area contributed by atoms with Gasteiger partial charge in [0.2, 0.25) is 5.75 Å². The van der Waals surface area contributed by atoms with Crippen molar-refractivity contribution in [2.24, 2.45) is 0 Å². The van der Waals surface area contributed by atoms with Crippen LogP contribution in [0.3, 0.4) is 0 Å². The van der Waals surface area contributed by atoms with Gasteiger partial charge >= 0.3 is 0 Å². The molecule has 0 fully saturated rings. The Hall–Kier alpha value is -4.55. The standard InChI is InChI=1S/C31H26O6/c32-16-17-34-28-19-27-29(25(33)18-26(37-27)24-14-8-3-9-15-24)31(36-21-23-12-6-2-7-13-23)30(28)35-20-22-10-4-1-5-11-22/h1-15,18-19,32H,16-17,20-21H2. The van der Waals surface area contributed by atoms with Crippen LogP contribution < -0.4 is 19.6 Å². The zero-order valence-electron chi connectivity index (χ0n) is 20.1. The summed E-state index contributed by atoms with van der Waals surface area (Å²) in [7, 11) is 0. The van der Waals surface area contributed by atoms with E-state index in [-0.39, 0.29) is 48.7 Å². The van der Waals surface area contributed by atoms with Gasteiger partial charge in [0.25, 0.3) is 0 Å². The Kier molecular flexibility index (Phi) is 7.48. The minimum absolute atomic E-state index is 0.0357. The molecule has 0 saturated heterocycles. The van der Waals surface area contributed by atoms with Crippen molar-refractivity contribution in [3.8, 4) is 28.6 Å². The molecule has 1 aromatic heterocycles. The predicted molar refractivity (Wildman–Crippen MR) is 142 cm³/mol. The molecule has 0 unspecified atom stereocenters. The third-order valence-electron chi connectivity index (χ3n) is 5.75. The summed E-state index contributed by atoms with van der Waals surface area (Å²) in [6.07, 6.45) is 0. The molecular weight excluding hydrogens is 468 g/mol. The first-order valence-electron chi connectivity index (χ1n) is 12.0. The van der Waals surface area contributed by atoms with Gasteiger partial charge in [0.1, 0.15) is 36.6 Å². The fraction of sp³-hybridized carbons (Fsp3) is 0.129. The molecule has 0 aliphatic rings. The van der Waals surface area contributed by atoms with Crippen molar-refractivity contribution >= 4 is 11.0 Å². The number of hydrogen-bond donors (Lipinski definition) is 1. The van der Waals surface area contributed by atoms with Gasteiger partial charge in [-0.2, -0.15) is 0 Å². The first kappa shape index (κ1) is 24.2. The van der Waals surface area contributed by atoms with E-state index in [1.165, 1.54) is 6.07 Å². The molecule has 0 bridgehead atoms. The maximum atomic E-state index is 13.5. The number of fused-ring (bicyclic) bond motifs is 1. The van der Waals surface area contributed by atoms with Gasteiger partial charge in [-0.25, -0.2) is 0 Å². The minimum Gasteiger partial charge on any atom is -0.487 e. The number of rotatable bonds is 10. The van der Waals surface area contributed by atoms with E-state index in [4.69, 9.17) is 18.6 Å². The summed E-state index contributed by atoms with van der Waals surface area (Å²) in [5.41, 5.74) is 2.68. The van der Waals surface area contributed by atoms with Crippen LogP contribution in [0.15, 0.2) is 112 Å². The van der Waals surface area contributed by atoms with Crippen molar-refractivity contribution in [3.05, 3.63) is 124 Å². The summed E-state index contributed by atoms with van der Waals surface area (Å²) in [4.78, 5) is 13.5. The van der Waals surface area contributed by atoms with Gasteiger partial charge < -0.3 is 23.7 Å². The summed E-state index contributed by atoms with van der Waals surface area (Å²) < 4.78 is 24.5. The second-order valence-corrected chi connectivity index (χ2v) is 8.37. The Labute approximate surface area is 214 Å². The summed E-state index contributed by atoms with van der Waals surface area (Å²) in [6.45, 7) is 0.288. The Balaban J connectivity index is 1.65. The minimum atomic E-state index is -0.263. The molecule has 5 aromatic rings. The van der Waals surface area contributed by atoms with E-state index in [1.54, 1.807) is 6.07 Å². The Morgan fingerprint density at radius 3 is 1.84 bits per heavy atom. The van der Waals surface area contributed by atoms with E-state index >= 15 is 0 Å². The van der Waals surface area contributed by atoms with Gasteiger partial charge in [-0.05, 0) is 11.1 Å². The van der Waals surface area contributed by atoms with Crippen molar-refractivity contribution < 1.29 is 23.7 Å². The molecule has 0 atom stereocenters. The molecule has 0 amide bonds. The molecule has 6 nitrogen and oxygen atoms in total. The van der Waals surface area contributed by atoms with E-state index in [2.05, 4.69) is 0 Å². The lowest BCUT2D eigenvalue weighted by molar-refractivity contribution is 0.188. The Bertz CT molecular complexity index is 1510. The molecule has 1 N–H and O–H groups in total. The second-order valence-electron chi connectivity index (χ2n) is 8.37. The first-order chi connectivity index (χ1) is 18.2. The largest absolute Gasteiger partial charge is 0.487 e. The average Bonchev–Trinajstić information content (AvgIpc) is 2.95. The Morgan fingerprint density at radius 2 is 1.24 bits per heavy atom. The van der Waals surface area contributed by atoms with Gasteiger partial charge in [-0.1, -0.05) is 91.0 Å². The van der Waals surface area contributed by atoms with E-state index in [0.717, 1.165) is 16.7 Å². The normalized spacial score (nSPS) is 10.8. The summed E-state index contributed by atoms with van der Waals surface area (Å²) in [6, 6.07) is 31.8. The molecule has 0 saturated carbocycles. The quantitative estimate of drug-likeness (QED) is 0.257. The van der Waals surface area contributed by atoms with Crippen LogP contribution in [-0.4, -0.2) is 18.3 Å². The molecule has 0 aliphatic heterocycles. The lowest BCUT2D eigenvalue weighted by Crippen LogP contribution is -2.10. The van der Waals surface area contributed by atoms with E-state index in [0.29, 0.717) is 17.1 Å². The lowest BCUT2D eigenvalue weighted by atomic mass is 10.1. The van der Waals surface area contributed by atoms with Crippen molar-refractivity contribution in [2.45, 2.75) is 13.2 Å². The number of benzene rings is 4. The highest BCUT2D eigenvalue weighted by molar-refractivity contribution is 5.90. The highest BCUT2D eigenvalue weighted by atomic mass is 16.5. The molecule has 1 heterocycles. The molecule has 5 rings (SSSR count). The number of aliphatic hydroxyl groups is 1. The van der Waals surface area contributed by atoms with Crippen LogP contribution in [0.5, 0.6) is 17.2 Å². The maximum absolute atomic E-state index is 13.5. The summed E-state index contributed by atoms with van der Waals surface area (Å²) >= 11 is 0. The zero-order valence-corrected chi connectivity index (χ0v) is 20.1. The molecule has 0 aliphatic carbocycles. The molecule has 6 heteroatoms. The van der Waals surface area contributed by atoms with Gasteiger partial charge in [-0.3, -0.25) is 4.79 Å². The monoisotopic (exact) mass is 494 g/mol. The van der Waals surface area contributed by atoms with Crippen LogP contribution in [-0.2, 0) is 13.2 Å². The fourth-order valence-electron chi connectivity index (χ4n) is 3.99. The molecule has 0 spiro atoms. The maximum Gasteiger partial charge on any atom is 0.205 e. The number of aliphatic hydroxyl groups excluding tert-OH is 1. The first-order valence-corrected chi connectivity index (χ1v) is 12.0. The van der Waals surface area contributed by atoms with Gasteiger partial charge in [-0.15, -0.1) is 0 Å². The zero-order chi connectivity index (χ0) is 25.5. The van der Waals surface area contributed by atoms with Crippen LogP contribution in [0.4, 0.5) is 0 Å². The van der Waals surface area contributed by atoms with Crippen molar-refractivity contribution in [3.63, 3.8) is 0 Å². The van der Waals surface area contributed by atoms with Gasteiger partial charge in [0.05, 0.1) is 6.61 Å². The smallest absolute Gasteiger partial charge is 0.205 e. The third kappa shape index (κ3) is 5.66. The topological polar surface area (TPSA) is 78.1 Å². The van der Waals surface area contributed by atoms with Crippen LogP contribution >= 0.6 is 0 Å². The van der Waals surface area contributed by atoms with Crippen molar-refractivity contribution in [2.75, 3.05) is 13.2 Å². The van der Waals surface area contributed by atoms with Crippen LogP contribution in [0.25, 0.3) is 22.3 Å². The SMILES string of the molecule is O=c1cc(-c2ccccc2)oc2cc(OCCO)c(OCc3ccccc3)c(OCc3ccccc3)c12. The second kappa shape index (κ2) is 11.5. The highest BCUT2D eigenvalue weighted by Gasteiger charge is 2.23. The molecular formula is C31H26O6. The molecule has 37 heavy (non-hydrogen) atoms. The van der Waals surface area contributed by atoms with E-state index in [1.807, 2.05) is 91.0 Å². The van der Waals surface area contributed by atoms with Crippen molar-refractivity contribution in [1.29, 1.82) is 0 Å². The number of ether oxygens (including phenoxy) is 3. The Morgan fingerprint density at radius 1 is 0.676 bits per heavy atom. The predicted octanol–water partition coefficient (Wildman–Crippen LogP) is 5.99. The van der Waals surface area contributed by atoms with Gasteiger partial charge in [0.15, 0.2) is 16.9 Å². The van der Waals surface area contributed by atoms with Crippen LogP contribution in [0, 0.1) is 0 Å². The van der Waals surface area contributed by atoms with Crippen LogP contribution in [0.2, 0.25) is 0 Å². The highest BCUT2D eigenvalue weighted by Crippen LogP contribution is 2.44. The van der Waals surface area contributed by atoms with Crippen molar-refractivity contribution in [1.82, 2.24) is 0 Å². The molecule has 4 aromatic carbocycles.